The van der Waals surface area contributed by atoms with Gasteiger partial charge in [-0.05, 0) is 27.3 Å². The van der Waals surface area contributed by atoms with Crippen molar-refractivity contribution >= 4 is 5.97 Å². The van der Waals surface area contributed by atoms with Gasteiger partial charge in [0.25, 0.3) is 0 Å². The van der Waals surface area contributed by atoms with Crippen molar-refractivity contribution in [2.75, 3.05) is 13.7 Å². The Morgan fingerprint density at radius 2 is 2.00 bits per heavy atom. The van der Waals surface area contributed by atoms with E-state index >= 15 is 0 Å². The quantitative estimate of drug-likeness (QED) is 0.675. The van der Waals surface area contributed by atoms with Crippen molar-refractivity contribution in [3.63, 3.8) is 0 Å². The molecule has 4 heteroatoms. The fraction of sp³-hybridized carbons (Fsp3) is 0.909. The van der Waals surface area contributed by atoms with E-state index in [0.717, 1.165) is 12.8 Å². The molecule has 0 bridgehead atoms. The first-order valence-corrected chi connectivity index (χ1v) is 5.43. The molecule has 0 aliphatic heterocycles. The number of carbonyl (C=O) groups is 1. The van der Waals surface area contributed by atoms with E-state index in [1.54, 1.807) is 11.9 Å². The molecule has 0 spiro atoms. The Morgan fingerprint density at radius 3 is 2.33 bits per heavy atom. The standard InChI is InChI=1S/C11H23NO3/c1-5-6-7-9(10(14)15)12(4)11(2,3)8-13/h9,13H,5-8H2,1-4H3,(H,14,15). The van der Waals surface area contributed by atoms with Crippen LogP contribution < -0.4 is 0 Å². The second kappa shape index (κ2) is 6.08. The van der Waals surface area contributed by atoms with Crippen LogP contribution in [0.2, 0.25) is 0 Å². The molecule has 0 aromatic rings. The molecular weight excluding hydrogens is 194 g/mol. The van der Waals surface area contributed by atoms with Gasteiger partial charge in [-0.15, -0.1) is 0 Å². The van der Waals surface area contributed by atoms with Gasteiger partial charge in [0.2, 0.25) is 0 Å². The Morgan fingerprint density at radius 1 is 1.47 bits per heavy atom. The molecule has 0 heterocycles. The third-order valence-electron chi connectivity index (χ3n) is 2.93. The lowest BCUT2D eigenvalue weighted by molar-refractivity contribution is -0.146. The van der Waals surface area contributed by atoms with Crippen LogP contribution in [0.1, 0.15) is 40.0 Å². The molecule has 0 saturated heterocycles. The fourth-order valence-electron chi connectivity index (χ4n) is 1.41. The van der Waals surface area contributed by atoms with E-state index < -0.39 is 17.6 Å². The summed E-state index contributed by atoms with van der Waals surface area (Å²) in [5.74, 6) is -0.813. The number of hydrogen-bond acceptors (Lipinski definition) is 3. The zero-order valence-electron chi connectivity index (χ0n) is 10.2. The van der Waals surface area contributed by atoms with Crippen molar-refractivity contribution in [1.29, 1.82) is 0 Å². The minimum absolute atomic E-state index is 0.0423. The molecule has 0 radical (unpaired) electrons. The largest absolute Gasteiger partial charge is 0.480 e. The molecule has 0 aliphatic carbocycles. The molecule has 0 aromatic carbocycles. The topological polar surface area (TPSA) is 60.8 Å². The number of carboxylic acids is 1. The molecule has 0 saturated carbocycles. The highest BCUT2D eigenvalue weighted by atomic mass is 16.4. The normalized spacial score (nSPS) is 14.3. The molecule has 0 rings (SSSR count). The summed E-state index contributed by atoms with van der Waals surface area (Å²) in [7, 11) is 1.75. The maximum Gasteiger partial charge on any atom is 0.320 e. The van der Waals surface area contributed by atoms with Gasteiger partial charge in [-0.25, -0.2) is 0 Å². The van der Waals surface area contributed by atoms with Crippen molar-refractivity contribution in [2.45, 2.75) is 51.6 Å². The number of nitrogens with zero attached hydrogens (tertiary/aromatic N) is 1. The molecule has 0 aliphatic rings. The van der Waals surface area contributed by atoms with Gasteiger partial charge in [-0.2, -0.15) is 0 Å². The molecule has 0 amide bonds. The molecule has 15 heavy (non-hydrogen) atoms. The Hall–Kier alpha value is -0.610. The van der Waals surface area contributed by atoms with E-state index in [1.807, 2.05) is 20.8 Å². The van der Waals surface area contributed by atoms with Crippen LogP contribution in [-0.4, -0.2) is 46.3 Å². The second-order valence-electron chi connectivity index (χ2n) is 4.58. The van der Waals surface area contributed by atoms with Crippen molar-refractivity contribution < 1.29 is 15.0 Å². The van der Waals surface area contributed by atoms with Crippen LogP contribution in [0, 0.1) is 0 Å². The van der Waals surface area contributed by atoms with Gasteiger partial charge >= 0.3 is 5.97 Å². The third kappa shape index (κ3) is 4.18. The van der Waals surface area contributed by atoms with E-state index in [0.29, 0.717) is 6.42 Å². The highest BCUT2D eigenvalue weighted by molar-refractivity contribution is 5.73. The molecule has 1 unspecified atom stereocenters. The predicted octanol–water partition coefficient (Wildman–Crippen LogP) is 1.33. The van der Waals surface area contributed by atoms with Crippen LogP contribution in [-0.2, 0) is 4.79 Å². The summed E-state index contributed by atoms with van der Waals surface area (Å²) in [6.07, 6.45) is 2.51. The maximum atomic E-state index is 11.1. The SMILES string of the molecule is CCCCC(C(=O)O)N(C)C(C)(C)CO. The molecule has 2 N–H and O–H groups in total. The Kier molecular flexibility index (Phi) is 5.83. The highest BCUT2D eigenvalue weighted by Crippen LogP contribution is 2.18. The van der Waals surface area contributed by atoms with Gasteiger partial charge in [0.15, 0.2) is 0 Å². The first-order valence-electron chi connectivity index (χ1n) is 5.43. The van der Waals surface area contributed by atoms with Gasteiger partial charge in [0.1, 0.15) is 6.04 Å². The predicted molar refractivity (Wildman–Crippen MR) is 59.9 cm³/mol. The van der Waals surface area contributed by atoms with E-state index in [9.17, 15) is 9.90 Å². The molecule has 90 valence electrons. The summed E-state index contributed by atoms with van der Waals surface area (Å²) in [4.78, 5) is 12.8. The molecule has 1 atom stereocenters. The zero-order chi connectivity index (χ0) is 12.1. The van der Waals surface area contributed by atoms with Crippen molar-refractivity contribution in [2.24, 2.45) is 0 Å². The average molecular weight is 217 g/mol. The summed E-state index contributed by atoms with van der Waals surface area (Å²) < 4.78 is 0. The van der Waals surface area contributed by atoms with Crippen LogP contribution in [0.4, 0.5) is 0 Å². The van der Waals surface area contributed by atoms with Gasteiger partial charge in [-0.3, -0.25) is 9.69 Å². The average Bonchev–Trinajstić information content (AvgIpc) is 2.17. The van der Waals surface area contributed by atoms with Crippen molar-refractivity contribution in [3.05, 3.63) is 0 Å². The Bertz CT molecular complexity index is 204. The number of aliphatic carboxylic acids is 1. The lowest BCUT2D eigenvalue weighted by atomic mass is 9.99. The first-order chi connectivity index (χ1) is 6.86. The van der Waals surface area contributed by atoms with Crippen LogP contribution in [0.15, 0.2) is 0 Å². The summed E-state index contributed by atoms with van der Waals surface area (Å²) in [6.45, 7) is 5.68. The molecule has 0 aromatic heterocycles. The second-order valence-corrected chi connectivity index (χ2v) is 4.58. The number of aliphatic hydroxyl groups excluding tert-OH is 1. The van der Waals surface area contributed by atoms with E-state index in [2.05, 4.69) is 0 Å². The first kappa shape index (κ1) is 14.4. The third-order valence-corrected chi connectivity index (χ3v) is 2.93. The van der Waals surface area contributed by atoms with Gasteiger partial charge in [0.05, 0.1) is 6.61 Å². The van der Waals surface area contributed by atoms with Crippen LogP contribution in [0.25, 0.3) is 0 Å². The van der Waals surface area contributed by atoms with Crippen molar-refractivity contribution in [3.8, 4) is 0 Å². The van der Waals surface area contributed by atoms with Crippen molar-refractivity contribution in [1.82, 2.24) is 4.90 Å². The number of likely N-dealkylation sites (N-methyl/N-ethyl adjacent to an activating group) is 1. The zero-order valence-corrected chi connectivity index (χ0v) is 10.2. The van der Waals surface area contributed by atoms with Crippen LogP contribution in [0.3, 0.4) is 0 Å². The van der Waals surface area contributed by atoms with Crippen LogP contribution >= 0.6 is 0 Å². The number of carboxylic acid groups (broad SMARTS) is 1. The summed E-state index contributed by atoms with van der Waals surface area (Å²) >= 11 is 0. The lowest BCUT2D eigenvalue weighted by Gasteiger charge is -2.38. The van der Waals surface area contributed by atoms with E-state index in [-0.39, 0.29) is 6.61 Å². The highest BCUT2D eigenvalue weighted by Gasteiger charge is 2.32. The van der Waals surface area contributed by atoms with E-state index in [1.165, 1.54) is 0 Å². The number of aliphatic hydroxyl groups is 1. The summed E-state index contributed by atoms with van der Waals surface area (Å²) in [5.41, 5.74) is -0.489. The maximum absolute atomic E-state index is 11.1. The summed E-state index contributed by atoms with van der Waals surface area (Å²) in [6, 6.07) is -0.507. The van der Waals surface area contributed by atoms with Gasteiger partial charge in [-0.1, -0.05) is 19.8 Å². The molecular formula is C11H23NO3. The number of rotatable bonds is 7. The Labute approximate surface area is 91.9 Å². The minimum atomic E-state index is -0.813. The van der Waals surface area contributed by atoms with Gasteiger partial charge in [0, 0.05) is 5.54 Å². The summed E-state index contributed by atoms with van der Waals surface area (Å²) in [5, 5.41) is 18.3. The molecule has 4 nitrogen and oxygen atoms in total. The smallest absolute Gasteiger partial charge is 0.320 e. The van der Waals surface area contributed by atoms with Gasteiger partial charge < -0.3 is 10.2 Å². The van der Waals surface area contributed by atoms with Crippen LogP contribution in [0.5, 0.6) is 0 Å². The Balaban J connectivity index is 4.54. The lowest BCUT2D eigenvalue weighted by Crippen LogP contribution is -2.52. The number of hydrogen-bond donors (Lipinski definition) is 2. The number of unbranched alkanes of at least 4 members (excludes halogenated alkanes) is 1. The minimum Gasteiger partial charge on any atom is -0.480 e. The van der Waals surface area contributed by atoms with E-state index in [4.69, 9.17) is 5.11 Å². The molecule has 0 fully saturated rings. The monoisotopic (exact) mass is 217 g/mol. The fourth-order valence-corrected chi connectivity index (χ4v) is 1.41.